The largest absolute Gasteiger partial charge is 0.497 e. The molecule has 2 rings (SSSR count). The first kappa shape index (κ1) is 14.8. The first-order valence-corrected chi connectivity index (χ1v) is 6.71. The Kier molecular flexibility index (Phi) is 4.77. The van der Waals surface area contributed by atoms with Crippen LogP contribution in [0.1, 0.15) is 35.0 Å². The number of furan rings is 1. The minimum atomic E-state index is -0.277. The average molecular weight is 286 g/mol. The summed E-state index contributed by atoms with van der Waals surface area (Å²) in [5.74, 6) is 1.08. The molecule has 110 valence electrons. The number of aryl methyl sites for hydroxylation is 1. The van der Waals surface area contributed by atoms with Crippen LogP contribution in [0.3, 0.4) is 0 Å². The van der Waals surface area contributed by atoms with Gasteiger partial charge in [-0.3, -0.25) is 4.79 Å². The molecule has 0 aliphatic rings. The van der Waals surface area contributed by atoms with Crippen molar-refractivity contribution in [3.63, 3.8) is 0 Å². The highest BCUT2D eigenvalue weighted by Gasteiger charge is 2.11. The maximum atomic E-state index is 12.0. The van der Waals surface area contributed by atoms with Gasteiger partial charge in [-0.25, -0.2) is 5.43 Å². The number of ether oxygens (including phenoxy) is 1. The lowest BCUT2D eigenvalue weighted by atomic mass is 10.1. The number of nitrogens with zero attached hydrogens (tertiary/aromatic N) is 1. The van der Waals surface area contributed by atoms with Crippen LogP contribution in [0.5, 0.6) is 5.75 Å². The third kappa shape index (κ3) is 3.51. The third-order valence-corrected chi connectivity index (χ3v) is 3.15. The average Bonchev–Trinajstić information content (AvgIpc) is 2.94. The summed E-state index contributed by atoms with van der Waals surface area (Å²) in [6.45, 7) is 3.72. The zero-order valence-electron chi connectivity index (χ0n) is 12.3. The number of nitrogens with one attached hydrogen (secondary N) is 1. The molecule has 0 fully saturated rings. The Morgan fingerprint density at radius 1 is 1.29 bits per heavy atom. The molecule has 0 saturated heterocycles. The van der Waals surface area contributed by atoms with Crippen molar-refractivity contribution in [2.24, 2.45) is 5.10 Å². The molecule has 21 heavy (non-hydrogen) atoms. The van der Waals surface area contributed by atoms with Crippen molar-refractivity contribution in [1.29, 1.82) is 0 Å². The Morgan fingerprint density at radius 3 is 2.52 bits per heavy atom. The molecule has 0 saturated carbocycles. The van der Waals surface area contributed by atoms with Crippen LogP contribution in [0.4, 0.5) is 0 Å². The predicted molar refractivity (Wildman–Crippen MR) is 80.7 cm³/mol. The monoisotopic (exact) mass is 286 g/mol. The zero-order chi connectivity index (χ0) is 15.2. The standard InChI is InChI=1S/C16H18N2O3/c1-4-15(12-5-7-13(20-3)8-6-12)17-18-16(19)14-9-10-21-11(14)2/h5-10H,4H2,1-3H3,(H,18,19)/b17-15-. The fourth-order valence-corrected chi connectivity index (χ4v) is 1.93. The molecule has 5 nitrogen and oxygen atoms in total. The van der Waals surface area contributed by atoms with Gasteiger partial charge in [-0.1, -0.05) is 6.92 Å². The van der Waals surface area contributed by atoms with Crippen LogP contribution >= 0.6 is 0 Å². The van der Waals surface area contributed by atoms with Crippen molar-refractivity contribution in [2.75, 3.05) is 7.11 Å². The van der Waals surface area contributed by atoms with Gasteiger partial charge < -0.3 is 9.15 Å². The van der Waals surface area contributed by atoms with E-state index in [1.165, 1.54) is 6.26 Å². The molecule has 1 heterocycles. The van der Waals surface area contributed by atoms with E-state index in [2.05, 4.69) is 10.5 Å². The lowest BCUT2D eigenvalue weighted by Crippen LogP contribution is -2.20. The summed E-state index contributed by atoms with van der Waals surface area (Å²) in [4.78, 5) is 12.0. The Hall–Kier alpha value is -2.56. The number of carbonyl (C=O) groups excluding carboxylic acids is 1. The number of methoxy groups -OCH3 is 1. The van der Waals surface area contributed by atoms with E-state index in [4.69, 9.17) is 9.15 Å². The van der Waals surface area contributed by atoms with Crippen molar-refractivity contribution in [3.05, 3.63) is 53.5 Å². The van der Waals surface area contributed by atoms with Crippen LogP contribution < -0.4 is 10.2 Å². The molecule has 0 aliphatic carbocycles. The minimum Gasteiger partial charge on any atom is -0.497 e. The van der Waals surface area contributed by atoms with E-state index in [1.54, 1.807) is 20.1 Å². The van der Waals surface area contributed by atoms with E-state index >= 15 is 0 Å². The van der Waals surface area contributed by atoms with E-state index in [-0.39, 0.29) is 5.91 Å². The molecule has 0 aliphatic heterocycles. The second-order valence-electron chi connectivity index (χ2n) is 4.47. The summed E-state index contributed by atoms with van der Waals surface area (Å²) in [6.07, 6.45) is 2.19. The molecule has 0 spiro atoms. The summed E-state index contributed by atoms with van der Waals surface area (Å²) < 4.78 is 10.2. The van der Waals surface area contributed by atoms with E-state index < -0.39 is 0 Å². The quantitative estimate of drug-likeness (QED) is 0.678. The van der Waals surface area contributed by atoms with Crippen LogP contribution in [0, 0.1) is 6.92 Å². The van der Waals surface area contributed by atoms with Gasteiger partial charge in [-0.2, -0.15) is 5.10 Å². The second-order valence-corrected chi connectivity index (χ2v) is 4.47. The Morgan fingerprint density at radius 2 is 2.00 bits per heavy atom. The first-order valence-electron chi connectivity index (χ1n) is 6.71. The van der Waals surface area contributed by atoms with Gasteiger partial charge in [0.05, 0.1) is 24.6 Å². The van der Waals surface area contributed by atoms with Crippen molar-refractivity contribution < 1.29 is 13.9 Å². The topological polar surface area (TPSA) is 63.8 Å². The van der Waals surface area contributed by atoms with Crippen molar-refractivity contribution in [2.45, 2.75) is 20.3 Å². The highest BCUT2D eigenvalue weighted by atomic mass is 16.5. The van der Waals surface area contributed by atoms with Gasteiger partial charge in [0.25, 0.3) is 5.91 Å². The van der Waals surface area contributed by atoms with Crippen LogP contribution in [0.15, 0.2) is 46.1 Å². The number of hydrogen-bond donors (Lipinski definition) is 1. The van der Waals surface area contributed by atoms with Crippen molar-refractivity contribution >= 4 is 11.6 Å². The van der Waals surface area contributed by atoms with Gasteiger partial charge >= 0.3 is 0 Å². The van der Waals surface area contributed by atoms with Crippen LogP contribution in [0.25, 0.3) is 0 Å². The number of amides is 1. The molecular formula is C16H18N2O3. The summed E-state index contributed by atoms with van der Waals surface area (Å²) in [5, 5.41) is 4.20. The molecule has 1 aromatic carbocycles. The van der Waals surface area contributed by atoms with Crippen LogP contribution in [0.2, 0.25) is 0 Å². The highest BCUT2D eigenvalue weighted by molar-refractivity contribution is 6.02. The van der Waals surface area contributed by atoms with Gasteiger partial charge in [0.2, 0.25) is 0 Å². The Labute approximate surface area is 123 Å². The van der Waals surface area contributed by atoms with Gasteiger partial charge in [-0.05, 0) is 49.2 Å². The molecule has 2 aromatic rings. The smallest absolute Gasteiger partial charge is 0.274 e. The summed E-state index contributed by atoms with van der Waals surface area (Å²) >= 11 is 0. The number of hydrogen-bond acceptors (Lipinski definition) is 4. The molecule has 1 N–H and O–H groups in total. The maximum absolute atomic E-state index is 12.0. The van der Waals surface area contributed by atoms with Crippen LogP contribution in [-0.4, -0.2) is 18.7 Å². The van der Waals surface area contributed by atoms with Crippen molar-refractivity contribution in [1.82, 2.24) is 5.43 Å². The van der Waals surface area contributed by atoms with Crippen LogP contribution in [-0.2, 0) is 0 Å². The number of rotatable bonds is 5. The predicted octanol–water partition coefficient (Wildman–Crippen LogP) is 3.14. The van der Waals surface area contributed by atoms with Gasteiger partial charge in [0, 0.05) is 0 Å². The number of carbonyl (C=O) groups is 1. The van der Waals surface area contributed by atoms with Crippen molar-refractivity contribution in [3.8, 4) is 5.75 Å². The maximum Gasteiger partial charge on any atom is 0.274 e. The van der Waals surface area contributed by atoms with Gasteiger partial charge in [0.1, 0.15) is 11.5 Å². The number of benzene rings is 1. The lowest BCUT2D eigenvalue weighted by Gasteiger charge is -2.06. The lowest BCUT2D eigenvalue weighted by molar-refractivity contribution is 0.0953. The molecule has 0 unspecified atom stereocenters. The molecule has 1 aromatic heterocycles. The fourth-order valence-electron chi connectivity index (χ4n) is 1.93. The third-order valence-electron chi connectivity index (χ3n) is 3.15. The molecule has 0 radical (unpaired) electrons. The SMILES string of the molecule is CC/C(=N/NC(=O)c1ccoc1C)c1ccc(OC)cc1. The molecule has 1 amide bonds. The Balaban J connectivity index is 2.13. The first-order chi connectivity index (χ1) is 10.2. The van der Waals surface area contributed by atoms with Gasteiger partial charge in [-0.15, -0.1) is 0 Å². The van der Waals surface area contributed by atoms with E-state index in [9.17, 15) is 4.79 Å². The fraction of sp³-hybridized carbons (Fsp3) is 0.250. The zero-order valence-corrected chi connectivity index (χ0v) is 12.3. The second kappa shape index (κ2) is 6.74. The summed E-state index contributed by atoms with van der Waals surface area (Å²) in [6, 6.07) is 9.18. The number of hydrazone groups is 1. The van der Waals surface area contributed by atoms with Gasteiger partial charge in [0.15, 0.2) is 0 Å². The molecule has 0 atom stereocenters. The van der Waals surface area contributed by atoms with E-state index in [0.717, 1.165) is 17.0 Å². The summed E-state index contributed by atoms with van der Waals surface area (Å²) in [5.41, 5.74) is 4.80. The molecule has 0 bridgehead atoms. The molecule has 5 heteroatoms. The van der Waals surface area contributed by atoms with E-state index in [1.807, 2.05) is 31.2 Å². The van der Waals surface area contributed by atoms with E-state index in [0.29, 0.717) is 17.7 Å². The normalized spacial score (nSPS) is 11.3. The highest BCUT2D eigenvalue weighted by Crippen LogP contribution is 2.13. The summed E-state index contributed by atoms with van der Waals surface area (Å²) in [7, 11) is 1.62. The Bertz CT molecular complexity index is 642. The minimum absolute atomic E-state index is 0.277. The molecular weight excluding hydrogens is 268 g/mol.